The van der Waals surface area contributed by atoms with Crippen molar-refractivity contribution in [1.29, 1.82) is 0 Å². The molecule has 0 saturated heterocycles. The van der Waals surface area contributed by atoms with Gasteiger partial charge in [0.1, 0.15) is 0 Å². The molecule has 0 aromatic carbocycles. The van der Waals surface area contributed by atoms with Gasteiger partial charge in [0.25, 0.3) is 0 Å². The predicted molar refractivity (Wildman–Crippen MR) is 52.0 cm³/mol. The lowest BCUT2D eigenvalue weighted by Gasteiger charge is -2.12. The van der Waals surface area contributed by atoms with Crippen molar-refractivity contribution < 1.29 is 0 Å². The summed E-state index contributed by atoms with van der Waals surface area (Å²) in [6.45, 7) is 4.52. The molecule has 0 aliphatic carbocycles. The molecule has 3 nitrogen and oxygen atoms in total. The number of nitrogens with one attached hydrogen (secondary N) is 1. The highest BCUT2D eigenvalue weighted by Crippen LogP contribution is 2.10. The van der Waals surface area contributed by atoms with Crippen LogP contribution in [0.15, 0.2) is 12.4 Å². The summed E-state index contributed by atoms with van der Waals surface area (Å²) in [4.78, 5) is 8.39. The third-order valence-corrected chi connectivity index (χ3v) is 1.84. The van der Waals surface area contributed by atoms with E-state index in [0.29, 0.717) is 6.54 Å². The predicted octanol–water partition coefficient (Wildman–Crippen LogP) is 1.07. The highest BCUT2D eigenvalue weighted by molar-refractivity contribution is 5.12. The van der Waals surface area contributed by atoms with E-state index in [9.17, 15) is 0 Å². The van der Waals surface area contributed by atoms with Crippen molar-refractivity contribution in [2.24, 2.45) is 0 Å². The number of rotatable bonds is 3. The Balaban J connectivity index is 2.72. The average Bonchev–Trinajstić information content (AvgIpc) is 2.15. The molecule has 13 heavy (non-hydrogen) atoms. The molecule has 1 heterocycles. The SMILES string of the molecule is C#CCNC(C)c1nccnc1C. The Labute approximate surface area is 78.6 Å². The minimum absolute atomic E-state index is 0.157. The normalized spacial score (nSPS) is 12.1. The van der Waals surface area contributed by atoms with E-state index in [-0.39, 0.29) is 6.04 Å². The number of nitrogens with zero attached hydrogens (tertiary/aromatic N) is 2. The van der Waals surface area contributed by atoms with Crippen molar-refractivity contribution in [3.8, 4) is 12.3 Å². The molecule has 1 aromatic heterocycles. The lowest BCUT2D eigenvalue weighted by atomic mass is 10.2. The van der Waals surface area contributed by atoms with E-state index >= 15 is 0 Å². The second-order valence-corrected chi connectivity index (χ2v) is 2.83. The Hall–Kier alpha value is -1.40. The van der Waals surface area contributed by atoms with Gasteiger partial charge in [-0.2, -0.15) is 0 Å². The Morgan fingerprint density at radius 1 is 1.54 bits per heavy atom. The van der Waals surface area contributed by atoms with E-state index in [4.69, 9.17) is 6.42 Å². The van der Waals surface area contributed by atoms with Gasteiger partial charge in [0.2, 0.25) is 0 Å². The lowest BCUT2D eigenvalue weighted by Crippen LogP contribution is -2.20. The molecule has 1 unspecified atom stereocenters. The fourth-order valence-electron chi connectivity index (χ4n) is 1.15. The van der Waals surface area contributed by atoms with Gasteiger partial charge >= 0.3 is 0 Å². The van der Waals surface area contributed by atoms with Crippen molar-refractivity contribution in [1.82, 2.24) is 15.3 Å². The van der Waals surface area contributed by atoms with Crippen LogP contribution in [0.3, 0.4) is 0 Å². The summed E-state index contributed by atoms with van der Waals surface area (Å²) in [5.41, 5.74) is 1.90. The topological polar surface area (TPSA) is 37.8 Å². The fourth-order valence-corrected chi connectivity index (χ4v) is 1.15. The number of hydrogen-bond donors (Lipinski definition) is 1. The quantitative estimate of drug-likeness (QED) is 0.698. The lowest BCUT2D eigenvalue weighted by molar-refractivity contribution is 0.598. The van der Waals surface area contributed by atoms with E-state index < -0.39 is 0 Å². The fraction of sp³-hybridized carbons (Fsp3) is 0.400. The maximum atomic E-state index is 5.14. The van der Waals surface area contributed by atoms with E-state index in [1.165, 1.54) is 0 Å². The molecule has 0 amide bonds. The van der Waals surface area contributed by atoms with Crippen molar-refractivity contribution in [2.45, 2.75) is 19.9 Å². The molecule has 0 spiro atoms. The summed E-state index contributed by atoms with van der Waals surface area (Å²) >= 11 is 0. The molecule has 0 radical (unpaired) electrons. The van der Waals surface area contributed by atoms with Gasteiger partial charge < -0.3 is 0 Å². The molecule has 0 aliphatic heterocycles. The molecule has 0 saturated carbocycles. The monoisotopic (exact) mass is 175 g/mol. The van der Waals surface area contributed by atoms with Gasteiger partial charge in [-0.25, -0.2) is 0 Å². The molecular formula is C10H13N3. The molecule has 3 heteroatoms. The second kappa shape index (κ2) is 4.58. The van der Waals surface area contributed by atoms with Crippen LogP contribution in [0.2, 0.25) is 0 Å². The van der Waals surface area contributed by atoms with Crippen LogP contribution >= 0.6 is 0 Å². The third-order valence-electron chi connectivity index (χ3n) is 1.84. The zero-order chi connectivity index (χ0) is 9.68. The van der Waals surface area contributed by atoms with Crippen LogP contribution in [-0.2, 0) is 0 Å². The summed E-state index contributed by atoms with van der Waals surface area (Å²) in [7, 11) is 0. The van der Waals surface area contributed by atoms with Crippen LogP contribution < -0.4 is 5.32 Å². The highest BCUT2D eigenvalue weighted by atomic mass is 14.9. The molecular weight excluding hydrogens is 162 g/mol. The Morgan fingerprint density at radius 3 is 2.85 bits per heavy atom. The van der Waals surface area contributed by atoms with E-state index in [2.05, 4.69) is 21.2 Å². The summed E-state index contributed by atoms with van der Waals surface area (Å²) in [6, 6.07) is 0.157. The third kappa shape index (κ3) is 2.53. The molecule has 0 fully saturated rings. The maximum Gasteiger partial charge on any atom is 0.0782 e. The molecule has 1 N–H and O–H groups in total. The van der Waals surface area contributed by atoms with Gasteiger partial charge in [-0.15, -0.1) is 6.42 Å². The van der Waals surface area contributed by atoms with Crippen molar-refractivity contribution >= 4 is 0 Å². The minimum atomic E-state index is 0.157. The van der Waals surface area contributed by atoms with Crippen LogP contribution in [0.1, 0.15) is 24.4 Å². The van der Waals surface area contributed by atoms with Crippen LogP contribution in [0, 0.1) is 19.3 Å². The summed E-state index contributed by atoms with van der Waals surface area (Å²) in [5.74, 6) is 2.53. The molecule has 1 atom stereocenters. The standard InChI is InChI=1S/C10H13N3/c1-4-5-11-8(2)10-9(3)12-6-7-13-10/h1,6-8,11H,5H2,2-3H3. The molecule has 1 rings (SSSR count). The Morgan fingerprint density at radius 2 is 2.23 bits per heavy atom. The first-order valence-electron chi connectivity index (χ1n) is 4.20. The van der Waals surface area contributed by atoms with Crippen molar-refractivity contribution in [3.05, 3.63) is 23.8 Å². The summed E-state index contributed by atoms with van der Waals surface area (Å²) in [5, 5.41) is 3.15. The van der Waals surface area contributed by atoms with Crippen LogP contribution in [0.25, 0.3) is 0 Å². The van der Waals surface area contributed by atoms with Crippen LogP contribution in [0.4, 0.5) is 0 Å². The molecule has 0 bridgehead atoms. The number of aryl methyl sites for hydroxylation is 1. The van der Waals surface area contributed by atoms with Crippen LogP contribution in [-0.4, -0.2) is 16.5 Å². The Kier molecular flexibility index (Phi) is 3.41. The van der Waals surface area contributed by atoms with Crippen LogP contribution in [0.5, 0.6) is 0 Å². The van der Waals surface area contributed by atoms with Crippen molar-refractivity contribution in [2.75, 3.05) is 6.54 Å². The molecule has 0 aliphatic rings. The molecule has 1 aromatic rings. The van der Waals surface area contributed by atoms with E-state index in [1.807, 2.05) is 13.8 Å². The number of hydrogen-bond acceptors (Lipinski definition) is 3. The smallest absolute Gasteiger partial charge is 0.0782 e. The summed E-state index contributed by atoms with van der Waals surface area (Å²) in [6.07, 6.45) is 8.52. The average molecular weight is 175 g/mol. The van der Waals surface area contributed by atoms with Crippen molar-refractivity contribution in [3.63, 3.8) is 0 Å². The summed E-state index contributed by atoms with van der Waals surface area (Å²) < 4.78 is 0. The first kappa shape index (κ1) is 9.69. The van der Waals surface area contributed by atoms with Gasteiger partial charge in [-0.1, -0.05) is 5.92 Å². The first-order chi connectivity index (χ1) is 6.25. The number of aromatic nitrogens is 2. The zero-order valence-corrected chi connectivity index (χ0v) is 7.91. The largest absolute Gasteiger partial charge is 0.298 e. The van der Waals surface area contributed by atoms with E-state index in [1.54, 1.807) is 12.4 Å². The van der Waals surface area contributed by atoms with Gasteiger partial charge in [-0.3, -0.25) is 15.3 Å². The zero-order valence-electron chi connectivity index (χ0n) is 7.91. The second-order valence-electron chi connectivity index (χ2n) is 2.83. The Bertz CT molecular complexity index is 314. The first-order valence-corrected chi connectivity index (χ1v) is 4.20. The minimum Gasteiger partial charge on any atom is -0.298 e. The molecule has 68 valence electrons. The van der Waals surface area contributed by atoms with Gasteiger partial charge in [0, 0.05) is 18.4 Å². The van der Waals surface area contributed by atoms with Gasteiger partial charge in [0.15, 0.2) is 0 Å². The van der Waals surface area contributed by atoms with Gasteiger partial charge in [0.05, 0.1) is 17.9 Å². The maximum absolute atomic E-state index is 5.14. The van der Waals surface area contributed by atoms with Gasteiger partial charge in [-0.05, 0) is 13.8 Å². The highest BCUT2D eigenvalue weighted by Gasteiger charge is 2.08. The number of terminal acetylenes is 1. The van der Waals surface area contributed by atoms with E-state index in [0.717, 1.165) is 11.4 Å².